The monoisotopic (exact) mass is 261 g/mol. The standard InChI is InChI=1S/C12H15N5O2/c1-19-12(18)11-10(5-6-13)17(16-15-11)8-9-4-2-3-7-14-9/h2-4,7H,5-6,8,13H2,1H3. The van der Waals surface area contributed by atoms with Gasteiger partial charge in [0.25, 0.3) is 0 Å². The fourth-order valence-corrected chi connectivity index (χ4v) is 1.74. The van der Waals surface area contributed by atoms with Crippen LogP contribution in [0.2, 0.25) is 0 Å². The zero-order valence-electron chi connectivity index (χ0n) is 10.6. The summed E-state index contributed by atoms with van der Waals surface area (Å²) >= 11 is 0. The quantitative estimate of drug-likeness (QED) is 0.762. The van der Waals surface area contributed by atoms with E-state index in [2.05, 4.69) is 20.0 Å². The first kappa shape index (κ1) is 13.2. The summed E-state index contributed by atoms with van der Waals surface area (Å²) in [6.45, 7) is 0.847. The molecule has 0 unspecified atom stereocenters. The Labute approximate surface area is 110 Å². The van der Waals surface area contributed by atoms with Crippen molar-refractivity contribution in [3.63, 3.8) is 0 Å². The lowest BCUT2D eigenvalue weighted by molar-refractivity contribution is 0.0592. The van der Waals surface area contributed by atoms with Crippen LogP contribution < -0.4 is 5.73 Å². The summed E-state index contributed by atoms with van der Waals surface area (Å²) in [6, 6.07) is 5.61. The molecule has 0 amide bonds. The lowest BCUT2D eigenvalue weighted by Crippen LogP contribution is -2.15. The molecule has 0 saturated carbocycles. The summed E-state index contributed by atoms with van der Waals surface area (Å²) in [5, 5.41) is 7.83. The van der Waals surface area contributed by atoms with E-state index in [9.17, 15) is 4.79 Å². The Balaban J connectivity index is 2.30. The fraction of sp³-hybridized carbons (Fsp3) is 0.333. The molecule has 0 radical (unpaired) electrons. The number of methoxy groups -OCH3 is 1. The first-order chi connectivity index (χ1) is 9.26. The molecule has 0 saturated heterocycles. The molecule has 19 heavy (non-hydrogen) atoms. The van der Waals surface area contributed by atoms with Crippen LogP contribution >= 0.6 is 0 Å². The second-order valence-corrected chi connectivity index (χ2v) is 3.89. The van der Waals surface area contributed by atoms with Gasteiger partial charge in [0.05, 0.1) is 25.0 Å². The Bertz CT molecular complexity index is 553. The normalized spacial score (nSPS) is 10.4. The maximum Gasteiger partial charge on any atom is 0.360 e. The van der Waals surface area contributed by atoms with Crippen molar-refractivity contribution in [1.29, 1.82) is 0 Å². The van der Waals surface area contributed by atoms with Gasteiger partial charge in [-0.25, -0.2) is 9.48 Å². The third kappa shape index (κ3) is 2.94. The minimum Gasteiger partial charge on any atom is -0.464 e. The van der Waals surface area contributed by atoms with Crippen LogP contribution in [0.4, 0.5) is 0 Å². The van der Waals surface area contributed by atoms with Crippen molar-refractivity contribution >= 4 is 5.97 Å². The van der Waals surface area contributed by atoms with Gasteiger partial charge in [0.15, 0.2) is 5.69 Å². The van der Waals surface area contributed by atoms with Gasteiger partial charge in [0, 0.05) is 12.6 Å². The van der Waals surface area contributed by atoms with E-state index in [4.69, 9.17) is 5.73 Å². The molecule has 0 fully saturated rings. The molecule has 0 aromatic carbocycles. The average Bonchev–Trinajstić information content (AvgIpc) is 2.83. The highest BCUT2D eigenvalue weighted by molar-refractivity contribution is 5.88. The molecule has 2 aromatic rings. The zero-order valence-corrected chi connectivity index (χ0v) is 10.6. The number of pyridine rings is 1. The van der Waals surface area contributed by atoms with Gasteiger partial charge in [-0.1, -0.05) is 11.3 Å². The molecule has 100 valence electrons. The highest BCUT2D eigenvalue weighted by Crippen LogP contribution is 2.09. The third-order valence-electron chi connectivity index (χ3n) is 2.64. The van der Waals surface area contributed by atoms with Crippen molar-refractivity contribution < 1.29 is 9.53 Å². The summed E-state index contributed by atoms with van der Waals surface area (Å²) in [4.78, 5) is 15.8. The van der Waals surface area contributed by atoms with E-state index in [0.29, 0.717) is 25.2 Å². The zero-order chi connectivity index (χ0) is 13.7. The topological polar surface area (TPSA) is 95.9 Å². The van der Waals surface area contributed by atoms with Crippen molar-refractivity contribution in [2.75, 3.05) is 13.7 Å². The second-order valence-electron chi connectivity index (χ2n) is 3.89. The largest absolute Gasteiger partial charge is 0.464 e. The van der Waals surface area contributed by atoms with Crippen LogP contribution in [0.3, 0.4) is 0 Å². The molecule has 2 rings (SSSR count). The van der Waals surface area contributed by atoms with Crippen LogP contribution in [0.25, 0.3) is 0 Å². The van der Waals surface area contributed by atoms with Crippen LogP contribution in [0.15, 0.2) is 24.4 Å². The average molecular weight is 261 g/mol. The molecule has 0 aliphatic rings. The fourth-order valence-electron chi connectivity index (χ4n) is 1.74. The SMILES string of the molecule is COC(=O)c1nnn(Cc2ccccn2)c1CCN. The van der Waals surface area contributed by atoms with E-state index in [1.807, 2.05) is 18.2 Å². The van der Waals surface area contributed by atoms with Gasteiger partial charge in [-0.2, -0.15) is 0 Å². The van der Waals surface area contributed by atoms with Crippen LogP contribution in [-0.4, -0.2) is 39.6 Å². The van der Waals surface area contributed by atoms with Crippen molar-refractivity contribution in [3.8, 4) is 0 Å². The number of nitrogens with zero attached hydrogens (tertiary/aromatic N) is 4. The number of hydrogen-bond acceptors (Lipinski definition) is 6. The Morgan fingerprint density at radius 1 is 1.47 bits per heavy atom. The highest BCUT2D eigenvalue weighted by Gasteiger charge is 2.19. The van der Waals surface area contributed by atoms with Crippen LogP contribution in [-0.2, 0) is 17.7 Å². The second kappa shape index (κ2) is 6.05. The smallest absolute Gasteiger partial charge is 0.360 e. The van der Waals surface area contributed by atoms with Gasteiger partial charge >= 0.3 is 5.97 Å². The number of rotatable bonds is 5. The van der Waals surface area contributed by atoms with E-state index in [0.717, 1.165) is 5.69 Å². The molecule has 7 heteroatoms. The molecule has 0 aliphatic heterocycles. The molecule has 2 N–H and O–H groups in total. The number of nitrogens with two attached hydrogens (primary N) is 1. The van der Waals surface area contributed by atoms with Gasteiger partial charge in [0.2, 0.25) is 0 Å². The molecule has 0 aliphatic carbocycles. The summed E-state index contributed by atoms with van der Waals surface area (Å²) in [6.07, 6.45) is 2.21. The van der Waals surface area contributed by atoms with Crippen LogP contribution in [0.5, 0.6) is 0 Å². The molecular weight excluding hydrogens is 246 g/mol. The Hall–Kier alpha value is -2.28. The molecule has 2 aromatic heterocycles. The Morgan fingerprint density at radius 3 is 2.95 bits per heavy atom. The van der Waals surface area contributed by atoms with Crippen molar-refractivity contribution in [2.45, 2.75) is 13.0 Å². The van der Waals surface area contributed by atoms with E-state index in [-0.39, 0.29) is 5.69 Å². The molecular formula is C12H15N5O2. The molecule has 0 atom stereocenters. The summed E-state index contributed by atoms with van der Waals surface area (Å²) in [5.41, 5.74) is 7.27. The lowest BCUT2D eigenvalue weighted by atomic mass is 10.2. The minimum absolute atomic E-state index is 0.212. The van der Waals surface area contributed by atoms with Crippen molar-refractivity contribution in [3.05, 3.63) is 41.5 Å². The van der Waals surface area contributed by atoms with Gasteiger partial charge in [-0.3, -0.25) is 4.98 Å². The van der Waals surface area contributed by atoms with Gasteiger partial charge in [0.1, 0.15) is 0 Å². The van der Waals surface area contributed by atoms with E-state index in [1.165, 1.54) is 7.11 Å². The van der Waals surface area contributed by atoms with Crippen LogP contribution in [0.1, 0.15) is 21.9 Å². The summed E-state index contributed by atoms with van der Waals surface area (Å²) in [7, 11) is 1.31. The third-order valence-corrected chi connectivity index (χ3v) is 2.64. The summed E-state index contributed by atoms with van der Waals surface area (Å²) in [5.74, 6) is -0.504. The van der Waals surface area contributed by atoms with Crippen molar-refractivity contribution in [1.82, 2.24) is 20.0 Å². The lowest BCUT2D eigenvalue weighted by Gasteiger charge is -2.06. The number of aromatic nitrogens is 4. The maximum atomic E-state index is 11.6. The first-order valence-electron chi connectivity index (χ1n) is 5.87. The number of ether oxygens (including phenoxy) is 1. The Kier molecular flexibility index (Phi) is 4.19. The number of hydrogen-bond donors (Lipinski definition) is 1. The van der Waals surface area contributed by atoms with Gasteiger partial charge in [-0.05, 0) is 18.7 Å². The first-order valence-corrected chi connectivity index (χ1v) is 5.87. The highest BCUT2D eigenvalue weighted by atomic mass is 16.5. The molecule has 0 spiro atoms. The summed E-state index contributed by atoms with van der Waals surface area (Å²) < 4.78 is 6.30. The van der Waals surface area contributed by atoms with Crippen molar-refractivity contribution in [2.24, 2.45) is 5.73 Å². The van der Waals surface area contributed by atoms with Gasteiger partial charge < -0.3 is 10.5 Å². The number of carbonyl (C=O) groups is 1. The predicted molar refractivity (Wildman–Crippen MR) is 67.5 cm³/mol. The van der Waals surface area contributed by atoms with Crippen LogP contribution in [0, 0.1) is 0 Å². The molecule has 0 bridgehead atoms. The predicted octanol–water partition coefficient (Wildman–Crippen LogP) is 0.00920. The van der Waals surface area contributed by atoms with E-state index >= 15 is 0 Å². The van der Waals surface area contributed by atoms with Gasteiger partial charge in [-0.15, -0.1) is 5.10 Å². The Morgan fingerprint density at radius 2 is 2.32 bits per heavy atom. The maximum absolute atomic E-state index is 11.6. The minimum atomic E-state index is -0.504. The van der Waals surface area contributed by atoms with E-state index < -0.39 is 5.97 Å². The van der Waals surface area contributed by atoms with E-state index in [1.54, 1.807) is 10.9 Å². The molecule has 7 nitrogen and oxygen atoms in total. The number of esters is 1. The number of carbonyl (C=O) groups excluding carboxylic acids is 1. The molecule has 2 heterocycles.